The van der Waals surface area contributed by atoms with Crippen molar-refractivity contribution < 1.29 is 18.8 Å². The monoisotopic (exact) mass is 665 g/mol. The highest BCUT2D eigenvalue weighted by Gasteiger charge is 2.41. The number of carbonyl (C=O) groups is 3. The highest BCUT2D eigenvalue weighted by molar-refractivity contribution is 9.10. The standard InChI is InChI=1S/C35H29BrFN5O3/c36-25-17-26-24(6-8-30-33(26)27(18-25)35(45)42(30)31-9-10-32(43)39-34(31)44)15-21-1-3-22(4-2-21)20-40-11-13-41(14-12-40)29-7-5-23(19-38)16-28(29)37/h1-8,16-18,31H,9-15,20H2,(H,39,43,44). The van der Waals surface area contributed by atoms with E-state index >= 15 is 0 Å². The van der Waals surface area contributed by atoms with E-state index in [1.54, 1.807) is 23.1 Å². The predicted octanol–water partition coefficient (Wildman–Crippen LogP) is 5.29. The van der Waals surface area contributed by atoms with Crippen molar-refractivity contribution in [2.75, 3.05) is 36.0 Å². The average Bonchev–Trinajstić information content (AvgIpc) is 3.31. The maximum absolute atomic E-state index is 14.5. The second-order valence-electron chi connectivity index (χ2n) is 11.8. The zero-order chi connectivity index (χ0) is 31.2. The Morgan fingerprint density at radius 1 is 0.911 bits per heavy atom. The number of anilines is 2. The third-order valence-electron chi connectivity index (χ3n) is 8.99. The number of benzene rings is 4. The Morgan fingerprint density at radius 2 is 1.64 bits per heavy atom. The number of piperidine rings is 1. The number of imide groups is 1. The fraction of sp³-hybridized carbons (Fsp3) is 0.257. The van der Waals surface area contributed by atoms with E-state index in [9.17, 15) is 18.8 Å². The summed E-state index contributed by atoms with van der Waals surface area (Å²) in [7, 11) is 0. The number of nitrogens with one attached hydrogen (secondary N) is 1. The molecule has 0 spiro atoms. The van der Waals surface area contributed by atoms with Crippen LogP contribution in [0, 0.1) is 17.1 Å². The predicted molar refractivity (Wildman–Crippen MR) is 172 cm³/mol. The molecule has 0 aliphatic carbocycles. The van der Waals surface area contributed by atoms with Gasteiger partial charge in [-0.25, -0.2) is 4.39 Å². The fourth-order valence-electron chi connectivity index (χ4n) is 6.71. The first-order valence-electron chi connectivity index (χ1n) is 15.0. The van der Waals surface area contributed by atoms with E-state index in [1.807, 2.05) is 29.2 Å². The molecular weight excluding hydrogens is 637 g/mol. The molecular formula is C35H29BrFN5O3. The van der Waals surface area contributed by atoms with Crippen molar-refractivity contribution in [3.63, 3.8) is 0 Å². The Labute approximate surface area is 268 Å². The van der Waals surface area contributed by atoms with E-state index in [1.165, 1.54) is 11.6 Å². The van der Waals surface area contributed by atoms with E-state index < -0.39 is 11.9 Å². The smallest absolute Gasteiger partial charge is 0.259 e. The summed E-state index contributed by atoms with van der Waals surface area (Å²) in [6, 6.07) is 22.2. The molecule has 3 heterocycles. The van der Waals surface area contributed by atoms with Crippen molar-refractivity contribution in [2.24, 2.45) is 0 Å². The van der Waals surface area contributed by atoms with Crippen LogP contribution >= 0.6 is 15.9 Å². The van der Waals surface area contributed by atoms with Gasteiger partial charge in [0.2, 0.25) is 11.8 Å². The number of halogens is 2. The molecule has 2 fully saturated rings. The number of hydrogen-bond acceptors (Lipinski definition) is 6. The van der Waals surface area contributed by atoms with Gasteiger partial charge >= 0.3 is 0 Å². The minimum absolute atomic E-state index is 0.201. The first-order valence-corrected chi connectivity index (χ1v) is 15.8. The summed E-state index contributed by atoms with van der Waals surface area (Å²) in [4.78, 5) is 43.9. The van der Waals surface area contributed by atoms with Gasteiger partial charge in [0.25, 0.3) is 5.91 Å². The zero-order valence-corrected chi connectivity index (χ0v) is 25.9. The molecule has 0 bridgehead atoms. The number of rotatable bonds is 6. The Hall–Kier alpha value is -4.59. The van der Waals surface area contributed by atoms with Crippen LogP contribution in [0.15, 0.2) is 71.2 Å². The second-order valence-corrected chi connectivity index (χ2v) is 12.7. The van der Waals surface area contributed by atoms with Gasteiger partial charge in [-0.3, -0.25) is 29.5 Å². The van der Waals surface area contributed by atoms with Crippen molar-refractivity contribution in [3.05, 3.63) is 105 Å². The van der Waals surface area contributed by atoms with Gasteiger partial charge in [0.05, 0.1) is 28.6 Å². The first-order chi connectivity index (χ1) is 21.8. The quantitative estimate of drug-likeness (QED) is 0.281. The molecule has 7 rings (SSSR count). The third-order valence-corrected chi connectivity index (χ3v) is 9.45. The summed E-state index contributed by atoms with van der Waals surface area (Å²) in [6.07, 6.45) is 1.17. The van der Waals surface area contributed by atoms with Crippen LogP contribution in [0.2, 0.25) is 0 Å². The highest BCUT2D eigenvalue weighted by Crippen LogP contribution is 2.43. The van der Waals surface area contributed by atoms with E-state index in [2.05, 4.69) is 50.4 Å². The van der Waals surface area contributed by atoms with E-state index in [-0.39, 0.29) is 24.1 Å². The Morgan fingerprint density at radius 3 is 2.36 bits per heavy atom. The minimum atomic E-state index is -0.719. The van der Waals surface area contributed by atoms with E-state index in [4.69, 9.17) is 5.26 Å². The van der Waals surface area contributed by atoms with E-state index in [0.29, 0.717) is 48.4 Å². The largest absolute Gasteiger partial charge is 0.367 e. The molecule has 10 heteroatoms. The van der Waals surface area contributed by atoms with Crippen LogP contribution in [0.4, 0.5) is 15.8 Å². The number of carbonyl (C=O) groups excluding carboxylic acids is 3. The molecule has 3 aliphatic heterocycles. The van der Waals surface area contributed by atoms with Gasteiger partial charge in [-0.2, -0.15) is 5.26 Å². The number of amides is 3. The van der Waals surface area contributed by atoms with Gasteiger partial charge in [-0.15, -0.1) is 0 Å². The molecule has 1 N–H and O–H groups in total. The lowest BCUT2D eigenvalue weighted by molar-refractivity contribution is -0.134. The van der Waals surface area contributed by atoms with Crippen LogP contribution in [0.3, 0.4) is 0 Å². The summed E-state index contributed by atoms with van der Waals surface area (Å²) < 4.78 is 15.3. The molecule has 2 saturated heterocycles. The lowest BCUT2D eigenvalue weighted by atomic mass is 9.95. The molecule has 0 aromatic heterocycles. The molecule has 226 valence electrons. The van der Waals surface area contributed by atoms with Crippen LogP contribution in [-0.4, -0.2) is 54.8 Å². The van der Waals surface area contributed by atoms with Crippen molar-refractivity contribution in [3.8, 4) is 6.07 Å². The Bertz CT molecular complexity index is 1910. The summed E-state index contributed by atoms with van der Waals surface area (Å²) in [5.41, 5.74) is 5.54. The number of piperazine rings is 1. The topological polar surface area (TPSA) is 96.8 Å². The number of nitrogens with zero attached hydrogens (tertiary/aromatic N) is 4. The molecule has 8 nitrogen and oxygen atoms in total. The maximum atomic E-state index is 14.5. The molecule has 0 saturated carbocycles. The Kier molecular flexibility index (Phi) is 7.59. The van der Waals surface area contributed by atoms with Gasteiger partial charge in [-0.1, -0.05) is 46.3 Å². The highest BCUT2D eigenvalue weighted by atomic mass is 79.9. The van der Waals surface area contributed by atoms with Crippen LogP contribution in [-0.2, 0) is 22.6 Å². The summed E-state index contributed by atoms with van der Waals surface area (Å²) in [6.45, 7) is 3.85. The average molecular weight is 667 g/mol. The van der Waals surface area contributed by atoms with Gasteiger partial charge in [0.1, 0.15) is 11.9 Å². The van der Waals surface area contributed by atoms with Gasteiger partial charge < -0.3 is 4.90 Å². The van der Waals surface area contributed by atoms with Crippen molar-refractivity contribution in [1.82, 2.24) is 10.2 Å². The van der Waals surface area contributed by atoms with E-state index in [0.717, 1.165) is 46.0 Å². The van der Waals surface area contributed by atoms with Crippen molar-refractivity contribution >= 4 is 55.8 Å². The fourth-order valence-corrected chi connectivity index (χ4v) is 7.17. The van der Waals surface area contributed by atoms with Crippen LogP contribution in [0.5, 0.6) is 0 Å². The lowest BCUT2D eigenvalue weighted by Gasteiger charge is -2.36. The Balaban J connectivity index is 1.05. The molecule has 4 aromatic carbocycles. The minimum Gasteiger partial charge on any atom is -0.367 e. The second kappa shape index (κ2) is 11.7. The maximum Gasteiger partial charge on any atom is 0.259 e. The SMILES string of the molecule is N#Cc1ccc(N2CCN(Cc3ccc(Cc4ccc5c6c(cc(Br)cc46)C(=O)N5C4CCC(=O)NC4=O)cc3)CC2)c(F)c1. The summed E-state index contributed by atoms with van der Waals surface area (Å²) in [5, 5.41) is 13.2. The summed E-state index contributed by atoms with van der Waals surface area (Å²) in [5.74, 6) is -1.33. The van der Waals surface area contributed by atoms with Crippen LogP contribution < -0.4 is 15.1 Å². The third kappa shape index (κ3) is 5.47. The van der Waals surface area contributed by atoms with Gasteiger partial charge in [-0.05, 0) is 71.3 Å². The molecule has 0 radical (unpaired) electrons. The van der Waals surface area contributed by atoms with Gasteiger partial charge in [0.15, 0.2) is 0 Å². The molecule has 1 atom stereocenters. The number of nitriles is 1. The lowest BCUT2D eigenvalue weighted by Crippen LogP contribution is -2.53. The molecule has 3 aliphatic rings. The normalized spacial score (nSPS) is 18.4. The number of hydrogen-bond donors (Lipinski definition) is 1. The first kappa shape index (κ1) is 29.1. The summed E-state index contributed by atoms with van der Waals surface area (Å²) >= 11 is 3.58. The molecule has 45 heavy (non-hydrogen) atoms. The van der Waals surface area contributed by atoms with Crippen molar-refractivity contribution in [1.29, 1.82) is 5.26 Å². The van der Waals surface area contributed by atoms with Crippen LogP contribution in [0.25, 0.3) is 10.8 Å². The molecule has 1 unspecified atom stereocenters. The van der Waals surface area contributed by atoms with Gasteiger partial charge in [0, 0.05) is 49.0 Å². The molecule has 3 amide bonds. The van der Waals surface area contributed by atoms with Crippen molar-refractivity contribution in [2.45, 2.75) is 31.8 Å². The molecule has 4 aromatic rings. The zero-order valence-electron chi connectivity index (χ0n) is 24.4. The van der Waals surface area contributed by atoms with Crippen LogP contribution in [0.1, 0.15) is 45.5 Å².